The Morgan fingerprint density at radius 2 is 2.05 bits per heavy atom. The Morgan fingerprint density at radius 3 is 2.68 bits per heavy atom. The molecule has 98 valence electrons. The van der Waals surface area contributed by atoms with Gasteiger partial charge in [0.1, 0.15) is 5.75 Å². The lowest BCUT2D eigenvalue weighted by Crippen LogP contribution is -1.93. The quantitative estimate of drug-likeness (QED) is 0.635. The van der Waals surface area contributed by atoms with Crippen LogP contribution in [0.25, 0.3) is 0 Å². The number of rotatable bonds is 4. The van der Waals surface area contributed by atoms with E-state index in [9.17, 15) is 10.1 Å². The first-order valence-corrected chi connectivity index (χ1v) is 6.00. The molecule has 0 aliphatic rings. The molecule has 0 aliphatic carbocycles. The highest BCUT2D eigenvalue weighted by Gasteiger charge is 2.13. The number of nitrogens with zero attached hydrogens (tertiary/aromatic N) is 2. The van der Waals surface area contributed by atoms with Gasteiger partial charge < -0.3 is 9.47 Å². The van der Waals surface area contributed by atoms with Crippen LogP contribution in [0.1, 0.15) is 0 Å². The van der Waals surface area contributed by atoms with Crippen LogP contribution in [-0.4, -0.2) is 17.0 Å². The van der Waals surface area contributed by atoms with Crippen LogP contribution >= 0.6 is 15.9 Å². The van der Waals surface area contributed by atoms with Gasteiger partial charge in [0.05, 0.1) is 24.3 Å². The van der Waals surface area contributed by atoms with Crippen LogP contribution in [0.3, 0.4) is 0 Å². The van der Waals surface area contributed by atoms with E-state index < -0.39 is 4.92 Å². The molecule has 6 nitrogen and oxygen atoms in total. The van der Waals surface area contributed by atoms with Crippen molar-refractivity contribution in [1.29, 1.82) is 0 Å². The number of halogens is 1. The molecule has 0 spiro atoms. The maximum absolute atomic E-state index is 10.7. The van der Waals surface area contributed by atoms with Gasteiger partial charge in [-0.1, -0.05) is 0 Å². The highest BCUT2D eigenvalue weighted by Crippen LogP contribution is 2.34. The molecule has 0 aliphatic heterocycles. The van der Waals surface area contributed by atoms with Crippen molar-refractivity contribution >= 4 is 21.6 Å². The Balaban J connectivity index is 2.32. The number of hydrogen-bond donors (Lipinski definition) is 0. The number of pyridine rings is 1. The molecule has 0 saturated heterocycles. The third-order valence-electron chi connectivity index (χ3n) is 2.27. The molecule has 1 aromatic carbocycles. The van der Waals surface area contributed by atoms with Crippen molar-refractivity contribution in [2.45, 2.75) is 0 Å². The van der Waals surface area contributed by atoms with Gasteiger partial charge in [-0.2, -0.15) is 0 Å². The van der Waals surface area contributed by atoms with Crippen molar-refractivity contribution in [3.05, 3.63) is 51.2 Å². The molecule has 0 radical (unpaired) electrons. The van der Waals surface area contributed by atoms with Crippen LogP contribution in [0.5, 0.6) is 17.2 Å². The van der Waals surface area contributed by atoms with E-state index in [-0.39, 0.29) is 11.4 Å². The second kappa shape index (κ2) is 5.66. The zero-order chi connectivity index (χ0) is 13.8. The number of methoxy groups -OCH3 is 1. The van der Waals surface area contributed by atoms with Crippen molar-refractivity contribution in [2.24, 2.45) is 0 Å². The second-order valence-corrected chi connectivity index (χ2v) is 4.45. The fourth-order valence-corrected chi connectivity index (χ4v) is 1.77. The lowest BCUT2D eigenvalue weighted by atomic mass is 10.3. The van der Waals surface area contributed by atoms with Crippen LogP contribution in [0, 0.1) is 10.1 Å². The number of hydrogen-bond acceptors (Lipinski definition) is 5. The average molecular weight is 325 g/mol. The summed E-state index contributed by atoms with van der Waals surface area (Å²) in [7, 11) is 1.42. The van der Waals surface area contributed by atoms with Crippen LogP contribution < -0.4 is 9.47 Å². The molecule has 1 heterocycles. The number of benzene rings is 1. The van der Waals surface area contributed by atoms with Gasteiger partial charge in [0.25, 0.3) is 5.69 Å². The lowest BCUT2D eigenvalue weighted by Gasteiger charge is -2.09. The molecule has 2 rings (SSSR count). The van der Waals surface area contributed by atoms with Crippen molar-refractivity contribution in [3.63, 3.8) is 0 Å². The number of ether oxygens (including phenoxy) is 2. The van der Waals surface area contributed by atoms with Gasteiger partial charge in [0.15, 0.2) is 11.5 Å². The summed E-state index contributed by atoms with van der Waals surface area (Å²) in [5, 5.41) is 10.7. The third kappa shape index (κ3) is 3.19. The lowest BCUT2D eigenvalue weighted by molar-refractivity contribution is -0.384. The number of nitro benzene ring substituents is 1. The summed E-state index contributed by atoms with van der Waals surface area (Å²) in [6, 6.07) is 5.87. The zero-order valence-corrected chi connectivity index (χ0v) is 11.5. The fourth-order valence-electron chi connectivity index (χ4n) is 1.43. The van der Waals surface area contributed by atoms with Crippen molar-refractivity contribution in [1.82, 2.24) is 4.98 Å². The highest BCUT2D eigenvalue weighted by atomic mass is 79.9. The van der Waals surface area contributed by atoms with E-state index >= 15 is 0 Å². The summed E-state index contributed by atoms with van der Waals surface area (Å²) in [6.45, 7) is 0. The summed E-state index contributed by atoms with van der Waals surface area (Å²) < 4.78 is 11.4. The van der Waals surface area contributed by atoms with E-state index in [0.29, 0.717) is 11.5 Å². The van der Waals surface area contributed by atoms with E-state index in [4.69, 9.17) is 9.47 Å². The molecular formula is C12H9BrN2O4. The Morgan fingerprint density at radius 1 is 1.26 bits per heavy atom. The van der Waals surface area contributed by atoms with Crippen molar-refractivity contribution < 1.29 is 14.4 Å². The molecule has 7 heteroatoms. The molecule has 0 atom stereocenters. The largest absolute Gasteiger partial charge is 0.493 e. The predicted molar refractivity (Wildman–Crippen MR) is 71.7 cm³/mol. The van der Waals surface area contributed by atoms with E-state index in [0.717, 1.165) is 4.47 Å². The first kappa shape index (κ1) is 13.3. The normalized spacial score (nSPS) is 10.0. The van der Waals surface area contributed by atoms with Crippen molar-refractivity contribution in [3.8, 4) is 17.2 Å². The Bertz CT molecular complexity index is 618. The summed E-state index contributed by atoms with van der Waals surface area (Å²) >= 11 is 3.28. The molecule has 1 aromatic heterocycles. The van der Waals surface area contributed by atoms with Crippen LogP contribution in [0.15, 0.2) is 41.1 Å². The minimum atomic E-state index is -0.493. The smallest absolute Gasteiger partial charge is 0.273 e. The van der Waals surface area contributed by atoms with Gasteiger partial charge in [0.2, 0.25) is 0 Å². The number of aromatic nitrogens is 1. The molecule has 2 aromatic rings. The average Bonchev–Trinajstić information content (AvgIpc) is 2.39. The topological polar surface area (TPSA) is 74.5 Å². The number of nitro groups is 1. The van der Waals surface area contributed by atoms with Gasteiger partial charge in [0, 0.05) is 16.7 Å². The Labute approximate surface area is 117 Å². The second-order valence-electron chi connectivity index (χ2n) is 3.53. The molecule has 0 unspecified atom stereocenters. The molecule has 0 fully saturated rings. The SMILES string of the molecule is COc1cc([N+](=O)[O-])ccc1Oc1cncc(Br)c1. The van der Waals surface area contributed by atoms with Gasteiger partial charge in [-0.3, -0.25) is 15.1 Å². The minimum Gasteiger partial charge on any atom is -0.493 e. The van der Waals surface area contributed by atoms with Crippen LogP contribution in [0.4, 0.5) is 5.69 Å². The van der Waals surface area contributed by atoms with E-state index in [1.54, 1.807) is 12.3 Å². The summed E-state index contributed by atoms with van der Waals surface area (Å²) in [6.07, 6.45) is 3.16. The molecular weight excluding hydrogens is 316 g/mol. The summed E-state index contributed by atoms with van der Waals surface area (Å²) in [5.41, 5.74) is -0.0587. The highest BCUT2D eigenvalue weighted by molar-refractivity contribution is 9.10. The monoisotopic (exact) mass is 324 g/mol. The molecule has 0 saturated carbocycles. The maximum Gasteiger partial charge on any atom is 0.273 e. The van der Waals surface area contributed by atoms with Crippen molar-refractivity contribution in [2.75, 3.05) is 7.11 Å². The summed E-state index contributed by atoms with van der Waals surface area (Å²) in [4.78, 5) is 14.1. The molecule has 19 heavy (non-hydrogen) atoms. The first-order chi connectivity index (χ1) is 9.10. The van der Waals surface area contributed by atoms with Gasteiger partial charge >= 0.3 is 0 Å². The minimum absolute atomic E-state index is 0.0587. The Hall–Kier alpha value is -2.15. The van der Waals surface area contributed by atoms with Crippen LogP contribution in [-0.2, 0) is 0 Å². The van der Waals surface area contributed by atoms with E-state index in [1.165, 1.54) is 31.5 Å². The standard InChI is InChI=1S/C12H9BrN2O4/c1-18-12-5-9(15(16)17)2-3-11(12)19-10-4-8(13)6-14-7-10/h2-7H,1H3. The molecule has 0 amide bonds. The van der Waals surface area contributed by atoms with E-state index in [2.05, 4.69) is 20.9 Å². The zero-order valence-electron chi connectivity index (χ0n) is 9.87. The van der Waals surface area contributed by atoms with Gasteiger partial charge in [-0.05, 0) is 28.1 Å². The molecule has 0 N–H and O–H groups in total. The first-order valence-electron chi connectivity index (χ1n) is 5.21. The van der Waals surface area contributed by atoms with Crippen LogP contribution in [0.2, 0.25) is 0 Å². The third-order valence-corrected chi connectivity index (χ3v) is 2.70. The molecule has 0 bridgehead atoms. The number of non-ortho nitro benzene ring substituents is 1. The van der Waals surface area contributed by atoms with Gasteiger partial charge in [-0.15, -0.1) is 0 Å². The fraction of sp³-hybridized carbons (Fsp3) is 0.0833. The Kier molecular flexibility index (Phi) is 3.96. The maximum atomic E-state index is 10.7. The van der Waals surface area contributed by atoms with E-state index in [1.807, 2.05) is 0 Å². The van der Waals surface area contributed by atoms with Gasteiger partial charge in [-0.25, -0.2) is 0 Å². The predicted octanol–water partition coefficient (Wildman–Crippen LogP) is 3.55. The summed E-state index contributed by atoms with van der Waals surface area (Å²) in [5.74, 6) is 1.17.